The minimum absolute atomic E-state index is 0.0355. The fourth-order valence-corrected chi connectivity index (χ4v) is 2.26. The number of nitrogens with zero attached hydrogens (tertiary/aromatic N) is 2. The summed E-state index contributed by atoms with van der Waals surface area (Å²) in [5, 5.41) is 7.46. The molecule has 0 saturated carbocycles. The highest BCUT2D eigenvalue weighted by molar-refractivity contribution is 5.76. The number of carbonyl (C=O) groups excluding carboxylic acids is 1. The van der Waals surface area contributed by atoms with E-state index in [0.717, 1.165) is 18.7 Å². The van der Waals surface area contributed by atoms with E-state index in [-0.39, 0.29) is 11.9 Å². The van der Waals surface area contributed by atoms with Gasteiger partial charge in [0.05, 0.1) is 5.69 Å². The molecule has 5 heteroatoms. The molecular formula is C15H28N4O. The molecule has 1 aromatic heterocycles. The molecule has 0 aliphatic heterocycles. The molecule has 1 heterocycles. The predicted octanol–water partition coefficient (Wildman–Crippen LogP) is 1.55. The zero-order chi connectivity index (χ0) is 15.3. The Morgan fingerprint density at radius 3 is 2.55 bits per heavy atom. The van der Waals surface area contributed by atoms with Crippen molar-refractivity contribution < 1.29 is 4.79 Å². The molecule has 5 nitrogen and oxygen atoms in total. The van der Waals surface area contributed by atoms with Gasteiger partial charge in [0.1, 0.15) is 0 Å². The third-order valence-corrected chi connectivity index (χ3v) is 3.43. The first-order valence-electron chi connectivity index (χ1n) is 7.37. The number of aromatic nitrogens is 2. The van der Waals surface area contributed by atoms with Gasteiger partial charge in [0.25, 0.3) is 0 Å². The second-order valence-corrected chi connectivity index (χ2v) is 5.93. The molecule has 0 spiro atoms. The Labute approximate surface area is 121 Å². The molecule has 1 aromatic rings. The van der Waals surface area contributed by atoms with Crippen LogP contribution in [0.3, 0.4) is 0 Å². The molecule has 20 heavy (non-hydrogen) atoms. The summed E-state index contributed by atoms with van der Waals surface area (Å²) in [4.78, 5) is 11.8. The highest BCUT2D eigenvalue weighted by Gasteiger charge is 2.14. The second kappa shape index (κ2) is 7.43. The molecule has 1 atom stereocenters. The van der Waals surface area contributed by atoms with Gasteiger partial charge in [-0.15, -0.1) is 0 Å². The van der Waals surface area contributed by atoms with Crippen LogP contribution in [0.2, 0.25) is 0 Å². The molecule has 0 fully saturated rings. The molecule has 0 bridgehead atoms. The van der Waals surface area contributed by atoms with Gasteiger partial charge < -0.3 is 11.1 Å². The van der Waals surface area contributed by atoms with Crippen molar-refractivity contribution >= 4 is 5.91 Å². The summed E-state index contributed by atoms with van der Waals surface area (Å²) in [5.41, 5.74) is 8.90. The number of nitrogens with two attached hydrogens (primary N) is 1. The molecule has 1 rings (SSSR count). The van der Waals surface area contributed by atoms with Gasteiger partial charge in [-0.1, -0.05) is 13.8 Å². The van der Waals surface area contributed by atoms with Gasteiger partial charge in [-0.05, 0) is 38.7 Å². The average molecular weight is 280 g/mol. The molecule has 114 valence electrons. The average Bonchev–Trinajstić information content (AvgIpc) is 2.61. The number of aryl methyl sites for hydroxylation is 1. The number of amides is 1. The van der Waals surface area contributed by atoms with Crippen LogP contribution in [-0.2, 0) is 17.8 Å². The van der Waals surface area contributed by atoms with Crippen molar-refractivity contribution in [3.63, 3.8) is 0 Å². The molecule has 0 aromatic carbocycles. The monoisotopic (exact) mass is 280 g/mol. The van der Waals surface area contributed by atoms with Crippen LogP contribution in [-0.4, -0.2) is 28.3 Å². The third kappa shape index (κ3) is 4.63. The summed E-state index contributed by atoms with van der Waals surface area (Å²) >= 11 is 0. The topological polar surface area (TPSA) is 72.9 Å². The van der Waals surface area contributed by atoms with Crippen molar-refractivity contribution in [1.29, 1.82) is 0 Å². The van der Waals surface area contributed by atoms with E-state index < -0.39 is 0 Å². The maximum absolute atomic E-state index is 11.8. The van der Waals surface area contributed by atoms with Gasteiger partial charge in [0.2, 0.25) is 5.91 Å². The van der Waals surface area contributed by atoms with E-state index in [1.165, 1.54) is 11.3 Å². The summed E-state index contributed by atoms with van der Waals surface area (Å²) in [6, 6.07) is 0.0355. The van der Waals surface area contributed by atoms with Crippen LogP contribution in [0.5, 0.6) is 0 Å². The summed E-state index contributed by atoms with van der Waals surface area (Å²) in [6.07, 6.45) is 1.22. The summed E-state index contributed by atoms with van der Waals surface area (Å²) in [7, 11) is 0. The van der Waals surface area contributed by atoms with Gasteiger partial charge in [-0.2, -0.15) is 5.10 Å². The summed E-state index contributed by atoms with van der Waals surface area (Å²) < 4.78 is 2.05. The lowest BCUT2D eigenvalue weighted by Crippen LogP contribution is -2.37. The molecule has 0 radical (unpaired) electrons. The van der Waals surface area contributed by atoms with E-state index in [1.807, 2.05) is 13.8 Å². The Morgan fingerprint density at radius 2 is 2.00 bits per heavy atom. The molecule has 0 aliphatic carbocycles. The lowest BCUT2D eigenvalue weighted by Gasteiger charge is -2.11. The van der Waals surface area contributed by atoms with Crippen LogP contribution in [0.15, 0.2) is 0 Å². The Balaban J connectivity index is 2.64. The van der Waals surface area contributed by atoms with Crippen molar-refractivity contribution in [3.8, 4) is 0 Å². The van der Waals surface area contributed by atoms with Crippen molar-refractivity contribution in [2.24, 2.45) is 11.7 Å². The Hall–Kier alpha value is -1.36. The molecule has 0 aliphatic rings. The lowest BCUT2D eigenvalue weighted by atomic mass is 10.1. The fourth-order valence-electron chi connectivity index (χ4n) is 2.26. The SMILES string of the molecule is Cc1nn(CC(C)C)c(C)c1CCC(=O)N[C@@H](C)CN. The number of hydrogen-bond acceptors (Lipinski definition) is 3. The van der Waals surface area contributed by atoms with Gasteiger partial charge in [0.15, 0.2) is 0 Å². The smallest absolute Gasteiger partial charge is 0.220 e. The normalized spacial score (nSPS) is 12.8. The number of nitrogens with one attached hydrogen (secondary N) is 1. The van der Waals surface area contributed by atoms with Gasteiger partial charge in [-0.25, -0.2) is 0 Å². The fraction of sp³-hybridized carbons (Fsp3) is 0.733. The highest BCUT2D eigenvalue weighted by atomic mass is 16.1. The first-order valence-corrected chi connectivity index (χ1v) is 7.37. The molecule has 0 unspecified atom stereocenters. The van der Waals surface area contributed by atoms with Crippen LogP contribution >= 0.6 is 0 Å². The number of hydrogen-bond donors (Lipinski definition) is 2. The van der Waals surface area contributed by atoms with Crippen LogP contribution in [0.25, 0.3) is 0 Å². The van der Waals surface area contributed by atoms with Crippen molar-refractivity contribution in [1.82, 2.24) is 15.1 Å². The van der Waals surface area contributed by atoms with Crippen molar-refractivity contribution in [2.75, 3.05) is 6.54 Å². The van der Waals surface area contributed by atoms with E-state index in [4.69, 9.17) is 5.73 Å². The largest absolute Gasteiger partial charge is 0.352 e. The second-order valence-electron chi connectivity index (χ2n) is 5.93. The summed E-state index contributed by atoms with van der Waals surface area (Å²) in [6.45, 7) is 11.8. The van der Waals surface area contributed by atoms with E-state index in [0.29, 0.717) is 18.9 Å². The zero-order valence-electron chi connectivity index (χ0n) is 13.4. The molecule has 3 N–H and O–H groups in total. The Morgan fingerprint density at radius 1 is 1.35 bits per heavy atom. The quantitative estimate of drug-likeness (QED) is 0.796. The van der Waals surface area contributed by atoms with Gasteiger partial charge in [0, 0.05) is 31.2 Å². The van der Waals surface area contributed by atoms with E-state index >= 15 is 0 Å². The minimum atomic E-state index is 0.0355. The zero-order valence-corrected chi connectivity index (χ0v) is 13.4. The van der Waals surface area contributed by atoms with Crippen molar-refractivity contribution in [3.05, 3.63) is 17.0 Å². The van der Waals surface area contributed by atoms with E-state index in [9.17, 15) is 4.79 Å². The Bertz CT molecular complexity index is 451. The minimum Gasteiger partial charge on any atom is -0.352 e. The third-order valence-electron chi connectivity index (χ3n) is 3.43. The first-order chi connectivity index (χ1) is 9.35. The van der Waals surface area contributed by atoms with Gasteiger partial charge in [-0.3, -0.25) is 9.48 Å². The molecular weight excluding hydrogens is 252 g/mol. The van der Waals surface area contributed by atoms with Crippen LogP contribution in [0.1, 0.15) is 44.1 Å². The van der Waals surface area contributed by atoms with Crippen LogP contribution < -0.4 is 11.1 Å². The Kier molecular flexibility index (Phi) is 6.20. The summed E-state index contributed by atoms with van der Waals surface area (Å²) in [5.74, 6) is 0.618. The maximum Gasteiger partial charge on any atom is 0.220 e. The first kappa shape index (κ1) is 16.7. The molecule has 1 amide bonds. The van der Waals surface area contributed by atoms with E-state index in [1.54, 1.807) is 0 Å². The maximum atomic E-state index is 11.8. The predicted molar refractivity (Wildman–Crippen MR) is 81.5 cm³/mol. The number of rotatable bonds is 7. The standard InChI is InChI=1S/C15H28N4O/c1-10(2)9-19-13(5)14(12(4)18-19)6-7-15(20)17-11(3)8-16/h10-11H,6-9,16H2,1-5H3,(H,17,20)/t11-/m0/s1. The lowest BCUT2D eigenvalue weighted by molar-refractivity contribution is -0.121. The van der Waals surface area contributed by atoms with Gasteiger partial charge >= 0.3 is 0 Å². The highest BCUT2D eigenvalue weighted by Crippen LogP contribution is 2.16. The van der Waals surface area contributed by atoms with Crippen molar-refractivity contribution in [2.45, 2.75) is 60.0 Å². The van der Waals surface area contributed by atoms with Crippen LogP contribution in [0.4, 0.5) is 0 Å². The van der Waals surface area contributed by atoms with Crippen LogP contribution in [0, 0.1) is 19.8 Å². The molecule has 0 saturated heterocycles. The number of carbonyl (C=O) groups is 1. The van der Waals surface area contributed by atoms with E-state index in [2.05, 4.69) is 35.9 Å².